The third-order valence-corrected chi connectivity index (χ3v) is 4.30. The first-order valence-electron chi connectivity index (χ1n) is 4.85. The molecule has 1 heterocycles. The van der Waals surface area contributed by atoms with Gasteiger partial charge in [0, 0.05) is 0 Å². The summed E-state index contributed by atoms with van der Waals surface area (Å²) in [7, 11) is -2.62. The average molecular weight is 257 g/mol. The van der Waals surface area contributed by atoms with E-state index < -0.39 is 32.9 Å². The van der Waals surface area contributed by atoms with Crippen molar-refractivity contribution in [3.05, 3.63) is 35.8 Å². The Morgan fingerprint density at radius 3 is 2.71 bits per heavy atom. The topological polar surface area (TPSA) is 92.7 Å². The van der Waals surface area contributed by atoms with Gasteiger partial charge >= 0.3 is 5.97 Å². The second kappa shape index (κ2) is 3.92. The van der Waals surface area contributed by atoms with Crippen molar-refractivity contribution in [1.29, 1.82) is 0 Å². The lowest BCUT2D eigenvalue weighted by molar-refractivity contribution is -0.136. The summed E-state index contributed by atoms with van der Waals surface area (Å²) in [5, 5.41) is 8.96. The van der Waals surface area contributed by atoms with Gasteiger partial charge in [0.05, 0.1) is 13.0 Å². The number of esters is 1. The highest BCUT2D eigenvalue weighted by molar-refractivity contribution is 7.90. The number of rotatable bonds is 1. The fourth-order valence-corrected chi connectivity index (χ4v) is 3.32. The Balaban J connectivity index is 2.53. The Bertz CT molecular complexity index is 543. The Labute approximate surface area is 98.3 Å². The van der Waals surface area contributed by atoms with Gasteiger partial charge in [-0.15, -0.1) is 0 Å². The standard InChI is InChI=1S/C10H11NO5S/c1-16-10(13)8-9(12)6-4-2-3-5-7(6)17(14,15)11-8/h2-7,11-12H,1H3/t6-,7-/m0/s1. The predicted molar refractivity (Wildman–Crippen MR) is 59.3 cm³/mol. The maximum atomic E-state index is 11.8. The summed E-state index contributed by atoms with van der Waals surface area (Å²) in [6.45, 7) is 0. The average Bonchev–Trinajstić information content (AvgIpc) is 2.33. The lowest BCUT2D eigenvalue weighted by Gasteiger charge is -2.30. The number of hydrogen-bond donors (Lipinski definition) is 2. The lowest BCUT2D eigenvalue weighted by atomic mass is 9.96. The summed E-state index contributed by atoms with van der Waals surface area (Å²) in [6.07, 6.45) is 6.18. The van der Waals surface area contributed by atoms with E-state index in [-0.39, 0.29) is 5.76 Å². The highest BCUT2D eigenvalue weighted by atomic mass is 32.2. The molecule has 6 nitrogen and oxygen atoms in total. The van der Waals surface area contributed by atoms with E-state index in [1.165, 1.54) is 12.2 Å². The molecule has 2 aliphatic rings. The molecule has 7 heteroatoms. The van der Waals surface area contributed by atoms with Crippen LogP contribution in [0.25, 0.3) is 0 Å². The van der Waals surface area contributed by atoms with Gasteiger partial charge in [-0.25, -0.2) is 13.2 Å². The number of fused-ring (bicyclic) bond motifs is 1. The van der Waals surface area contributed by atoms with Crippen molar-refractivity contribution in [3.8, 4) is 0 Å². The smallest absolute Gasteiger partial charge is 0.358 e. The van der Waals surface area contributed by atoms with Crippen LogP contribution in [-0.2, 0) is 19.6 Å². The van der Waals surface area contributed by atoms with Gasteiger partial charge in [-0.3, -0.25) is 4.72 Å². The molecule has 0 fully saturated rings. The molecule has 0 radical (unpaired) electrons. The molecule has 0 aromatic heterocycles. The Hall–Kier alpha value is -1.76. The summed E-state index contributed by atoms with van der Waals surface area (Å²) in [6, 6.07) is 0. The van der Waals surface area contributed by atoms with Crippen molar-refractivity contribution in [3.63, 3.8) is 0 Å². The molecule has 0 aromatic rings. The minimum absolute atomic E-state index is 0.322. The van der Waals surface area contributed by atoms with Crippen LogP contribution in [0.2, 0.25) is 0 Å². The molecular weight excluding hydrogens is 246 g/mol. The van der Waals surface area contributed by atoms with Gasteiger partial charge in [0.2, 0.25) is 10.0 Å². The predicted octanol–water partition coefficient (Wildman–Crippen LogP) is -0.0272. The largest absolute Gasteiger partial charge is 0.509 e. The zero-order chi connectivity index (χ0) is 12.6. The van der Waals surface area contributed by atoms with Crippen LogP contribution in [0.3, 0.4) is 0 Å². The molecule has 1 aliphatic carbocycles. The summed E-state index contributed by atoms with van der Waals surface area (Å²) < 4.78 is 30.1. The van der Waals surface area contributed by atoms with Crippen molar-refractivity contribution < 1.29 is 23.1 Å². The quantitative estimate of drug-likeness (QED) is 0.644. The maximum absolute atomic E-state index is 11.8. The highest BCUT2D eigenvalue weighted by Gasteiger charge is 2.42. The summed E-state index contributed by atoms with van der Waals surface area (Å²) in [5.74, 6) is -1.98. The molecule has 2 atom stereocenters. The van der Waals surface area contributed by atoms with Crippen molar-refractivity contribution in [2.75, 3.05) is 7.11 Å². The van der Waals surface area contributed by atoms with Crippen molar-refractivity contribution in [1.82, 2.24) is 4.72 Å². The monoisotopic (exact) mass is 257 g/mol. The molecule has 0 saturated heterocycles. The van der Waals surface area contributed by atoms with E-state index in [1.807, 2.05) is 4.72 Å². The maximum Gasteiger partial charge on any atom is 0.358 e. The number of sulfonamides is 1. The minimum atomic E-state index is -3.73. The van der Waals surface area contributed by atoms with Gasteiger partial charge in [-0.2, -0.15) is 0 Å². The molecule has 0 saturated carbocycles. The normalized spacial score (nSPS) is 29.5. The first kappa shape index (κ1) is 11.7. The van der Waals surface area contributed by atoms with Crippen LogP contribution in [0.4, 0.5) is 0 Å². The third kappa shape index (κ3) is 1.82. The summed E-state index contributed by atoms with van der Waals surface area (Å²) in [4.78, 5) is 11.3. The summed E-state index contributed by atoms with van der Waals surface area (Å²) >= 11 is 0. The van der Waals surface area contributed by atoms with E-state index in [1.54, 1.807) is 12.2 Å². The molecule has 2 rings (SSSR count). The fourth-order valence-electron chi connectivity index (χ4n) is 1.81. The zero-order valence-electron chi connectivity index (χ0n) is 8.95. The van der Waals surface area contributed by atoms with Crippen LogP contribution in [-0.4, -0.2) is 31.9 Å². The number of hydrogen-bond acceptors (Lipinski definition) is 5. The van der Waals surface area contributed by atoms with Crippen LogP contribution in [0.1, 0.15) is 0 Å². The SMILES string of the molecule is COC(=O)C1=C(O)[C@H]2C=CC=C[C@@H]2S(=O)(=O)N1. The molecule has 0 bridgehead atoms. The first-order chi connectivity index (χ1) is 7.97. The number of nitrogens with one attached hydrogen (secondary N) is 1. The lowest BCUT2D eigenvalue weighted by Crippen LogP contribution is -2.46. The Kier molecular flexibility index (Phi) is 2.70. The van der Waals surface area contributed by atoms with Gasteiger partial charge in [0.15, 0.2) is 5.70 Å². The van der Waals surface area contributed by atoms with E-state index in [0.717, 1.165) is 7.11 Å². The van der Waals surface area contributed by atoms with Gasteiger partial charge in [-0.05, 0) is 0 Å². The number of aliphatic hydroxyl groups is 1. The molecule has 2 N–H and O–H groups in total. The van der Waals surface area contributed by atoms with E-state index in [4.69, 9.17) is 0 Å². The van der Waals surface area contributed by atoms with Crippen LogP contribution < -0.4 is 4.72 Å². The van der Waals surface area contributed by atoms with Crippen LogP contribution in [0.15, 0.2) is 35.8 Å². The number of methoxy groups -OCH3 is 1. The van der Waals surface area contributed by atoms with E-state index in [2.05, 4.69) is 4.74 Å². The molecule has 17 heavy (non-hydrogen) atoms. The molecular formula is C10H11NO5S. The van der Waals surface area contributed by atoms with E-state index in [0.29, 0.717) is 0 Å². The number of allylic oxidation sites excluding steroid dienone is 3. The molecule has 0 spiro atoms. The molecule has 92 valence electrons. The Morgan fingerprint density at radius 2 is 2.06 bits per heavy atom. The number of carbonyl (C=O) groups is 1. The molecule has 0 amide bonds. The summed E-state index contributed by atoms with van der Waals surface area (Å²) in [5.41, 5.74) is -0.423. The molecule has 0 unspecified atom stereocenters. The molecule has 0 aromatic carbocycles. The minimum Gasteiger partial charge on any atom is -0.509 e. The Morgan fingerprint density at radius 1 is 1.41 bits per heavy atom. The second-order valence-corrected chi connectivity index (χ2v) is 5.50. The third-order valence-electron chi connectivity index (χ3n) is 2.65. The van der Waals surface area contributed by atoms with Crippen molar-refractivity contribution >= 4 is 16.0 Å². The van der Waals surface area contributed by atoms with Gasteiger partial charge < -0.3 is 9.84 Å². The molecule has 1 aliphatic heterocycles. The van der Waals surface area contributed by atoms with E-state index in [9.17, 15) is 18.3 Å². The fraction of sp³-hybridized carbons (Fsp3) is 0.300. The zero-order valence-corrected chi connectivity index (χ0v) is 9.77. The van der Waals surface area contributed by atoms with Gasteiger partial charge in [-0.1, -0.05) is 24.3 Å². The number of carbonyl (C=O) groups excluding carboxylic acids is 1. The first-order valence-corrected chi connectivity index (χ1v) is 6.40. The van der Waals surface area contributed by atoms with E-state index >= 15 is 0 Å². The van der Waals surface area contributed by atoms with Crippen molar-refractivity contribution in [2.45, 2.75) is 5.25 Å². The van der Waals surface area contributed by atoms with Crippen LogP contribution >= 0.6 is 0 Å². The van der Waals surface area contributed by atoms with Crippen LogP contribution in [0, 0.1) is 5.92 Å². The van der Waals surface area contributed by atoms with Gasteiger partial charge in [0.1, 0.15) is 11.0 Å². The second-order valence-electron chi connectivity index (χ2n) is 3.66. The van der Waals surface area contributed by atoms with Crippen LogP contribution in [0.5, 0.6) is 0 Å². The highest BCUT2D eigenvalue weighted by Crippen LogP contribution is 2.31. The van der Waals surface area contributed by atoms with Crippen molar-refractivity contribution in [2.24, 2.45) is 5.92 Å². The number of aliphatic hydroxyl groups excluding tert-OH is 1. The van der Waals surface area contributed by atoms with Gasteiger partial charge in [0.25, 0.3) is 0 Å². The number of ether oxygens (including phenoxy) is 1.